The van der Waals surface area contributed by atoms with Crippen molar-refractivity contribution in [1.82, 2.24) is 4.57 Å². The molecule has 0 bridgehead atoms. The molecule has 1 amide bonds. The van der Waals surface area contributed by atoms with Crippen LogP contribution in [0.15, 0.2) is 46.3 Å². The van der Waals surface area contributed by atoms with Gasteiger partial charge in [0.1, 0.15) is 12.3 Å². The van der Waals surface area contributed by atoms with E-state index in [9.17, 15) is 18.0 Å². The van der Waals surface area contributed by atoms with Gasteiger partial charge in [-0.1, -0.05) is 34.5 Å². The third kappa shape index (κ3) is 6.18. The van der Waals surface area contributed by atoms with E-state index in [-0.39, 0.29) is 41.4 Å². The van der Waals surface area contributed by atoms with Gasteiger partial charge >= 0.3 is 5.97 Å². The first-order valence-electron chi connectivity index (χ1n) is 10.2. The quantitative estimate of drug-likeness (QED) is 0.372. The van der Waals surface area contributed by atoms with Gasteiger partial charge in [0.25, 0.3) is 0 Å². The Kier molecular flexibility index (Phi) is 8.75. The molecule has 0 saturated carbocycles. The van der Waals surface area contributed by atoms with Crippen LogP contribution in [0.4, 0.5) is 0 Å². The molecule has 1 heterocycles. The minimum absolute atomic E-state index is 0.0843. The van der Waals surface area contributed by atoms with Gasteiger partial charge in [-0.05, 0) is 49.7 Å². The molecule has 0 atom stereocenters. The van der Waals surface area contributed by atoms with E-state index >= 15 is 0 Å². The van der Waals surface area contributed by atoms with Gasteiger partial charge in [0.15, 0.2) is 14.6 Å². The van der Waals surface area contributed by atoms with E-state index in [1.165, 1.54) is 23.8 Å². The van der Waals surface area contributed by atoms with E-state index < -0.39 is 21.7 Å². The van der Waals surface area contributed by atoms with Gasteiger partial charge in [-0.3, -0.25) is 9.59 Å². The molecule has 34 heavy (non-hydrogen) atoms. The number of rotatable bonds is 9. The molecule has 182 valence electrons. The maximum absolute atomic E-state index is 12.6. The van der Waals surface area contributed by atoms with E-state index in [0.29, 0.717) is 26.0 Å². The third-order valence-electron chi connectivity index (χ3n) is 4.76. The first kappa shape index (κ1) is 26.2. The number of carbonyl (C=O) groups excluding carboxylic acids is 2. The number of hydrogen-bond acceptors (Lipinski definition) is 7. The van der Waals surface area contributed by atoms with Crippen molar-refractivity contribution in [3.63, 3.8) is 0 Å². The number of ether oxygens (including phenoxy) is 2. The molecular weight excluding hydrogens is 523 g/mol. The highest BCUT2D eigenvalue weighted by Gasteiger charge is 2.18. The molecule has 0 radical (unpaired) electrons. The molecule has 2 aromatic carbocycles. The average Bonchev–Trinajstić information content (AvgIpc) is 3.15. The van der Waals surface area contributed by atoms with Gasteiger partial charge in [-0.15, -0.1) is 0 Å². The fourth-order valence-electron chi connectivity index (χ4n) is 3.16. The lowest BCUT2D eigenvalue weighted by Crippen LogP contribution is -2.23. The number of nitrogens with zero attached hydrogens (tertiary/aromatic N) is 2. The topological polar surface area (TPSA) is 104 Å². The number of sulfone groups is 1. The number of thiazole rings is 1. The standard InChI is InChI=1S/C22H22Cl2N2O6S2/c1-3-32-19(28)13-26-20-16(23)10-11-17(24)21(20)33-22(26)25-18(27)5-4-12-34(29,30)15-8-6-14(31-2)7-9-15/h6-11H,3-5,12-13H2,1-2H3. The highest BCUT2D eigenvalue weighted by Crippen LogP contribution is 2.32. The van der Waals surface area contributed by atoms with Crippen molar-refractivity contribution in [2.24, 2.45) is 4.99 Å². The summed E-state index contributed by atoms with van der Waals surface area (Å²) in [5.74, 6) is -0.709. The van der Waals surface area contributed by atoms with Crippen molar-refractivity contribution >= 4 is 66.5 Å². The Balaban J connectivity index is 1.81. The Labute approximate surface area is 210 Å². The summed E-state index contributed by atoms with van der Waals surface area (Å²) in [6.07, 6.45) is -0.00845. The molecule has 3 rings (SSSR count). The van der Waals surface area contributed by atoms with Crippen molar-refractivity contribution < 1.29 is 27.5 Å². The number of hydrogen-bond donors (Lipinski definition) is 0. The molecule has 12 heteroatoms. The van der Waals surface area contributed by atoms with E-state index in [2.05, 4.69) is 4.99 Å². The first-order chi connectivity index (χ1) is 16.2. The number of fused-ring (bicyclic) bond motifs is 1. The monoisotopic (exact) mass is 544 g/mol. The number of amides is 1. The summed E-state index contributed by atoms with van der Waals surface area (Å²) in [6.45, 7) is 1.68. The number of esters is 1. The zero-order valence-corrected chi connectivity index (χ0v) is 21.6. The number of carbonyl (C=O) groups is 2. The van der Waals surface area contributed by atoms with Crippen molar-refractivity contribution in [2.45, 2.75) is 31.2 Å². The van der Waals surface area contributed by atoms with Crippen molar-refractivity contribution in [3.8, 4) is 5.75 Å². The third-order valence-corrected chi connectivity index (χ3v) is 8.42. The Morgan fingerprint density at radius 3 is 2.41 bits per heavy atom. The normalized spacial score (nSPS) is 12.2. The van der Waals surface area contributed by atoms with Gasteiger partial charge in [0.2, 0.25) is 5.91 Å². The van der Waals surface area contributed by atoms with E-state index in [0.717, 1.165) is 11.3 Å². The van der Waals surface area contributed by atoms with Gasteiger partial charge in [0, 0.05) is 6.42 Å². The summed E-state index contributed by atoms with van der Waals surface area (Å²) < 4.78 is 37.2. The molecule has 0 aliphatic heterocycles. The van der Waals surface area contributed by atoms with Gasteiger partial charge in [0.05, 0.1) is 44.6 Å². The number of benzene rings is 2. The summed E-state index contributed by atoms with van der Waals surface area (Å²) in [5.41, 5.74) is 0.473. The summed E-state index contributed by atoms with van der Waals surface area (Å²) in [6, 6.07) is 9.26. The number of aromatic nitrogens is 1. The van der Waals surface area contributed by atoms with Crippen LogP contribution in [-0.4, -0.2) is 44.3 Å². The molecule has 0 aliphatic rings. The predicted molar refractivity (Wildman–Crippen MR) is 131 cm³/mol. The van der Waals surface area contributed by atoms with Gasteiger partial charge in [-0.2, -0.15) is 4.99 Å². The zero-order valence-electron chi connectivity index (χ0n) is 18.4. The van der Waals surface area contributed by atoms with Crippen LogP contribution in [0, 0.1) is 0 Å². The lowest BCUT2D eigenvalue weighted by atomic mass is 10.3. The smallest absolute Gasteiger partial charge is 0.326 e. The number of halogens is 2. The van der Waals surface area contributed by atoms with Crippen LogP contribution in [0.3, 0.4) is 0 Å². The summed E-state index contributed by atoms with van der Waals surface area (Å²) in [5, 5.41) is 0.751. The molecule has 0 aliphatic carbocycles. The highest BCUT2D eigenvalue weighted by atomic mass is 35.5. The fourth-order valence-corrected chi connectivity index (χ4v) is 6.13. The van der Waals surface area contributed by atoms with Crippen LogP contribution < -0.4 is 9.54 Å². The fraction of sp³-hybridized carbons (Fsp3) is 0.318. The van der Waals surface area contributed by atoms with Crippen LogP contribution in [0.5, 0.6) is 5.75 Å². The Morgan fingerprint density at radius 1 is 1.09 bits per heavy atom. The van der Waals surface area contributed by atoms with Gasteiger partial charge in [-0.25, -0.2) is 8.42 Å². The van der Waals surface area contributed by atoms with Gasteiger partial charge < -0.3 is 14.0 Å². The van der Waals surface area contributed by atoms with E-state index in [4.69, 9.17) is 32.7 Å². The molecule has 0 fully saturated rings. The second-order valence-corrected chi connectivity index (χ2v) is 11.0. The lowest BCUT2D eigenvalue weighted by molar-refractivity contribution is -0.143. The predicted octanol–water partition coefficient (Wildman–Crippen LogP) is 4.26. The Bertz CT molecular complexity index is 1380. The highest BCUT2D eigenvalue weighted by molar-refractivity contribution is 7.91. The molecule has 3 aromatic rings. The largest absolute Gasteiger partial charge is 0.497 e. The summed E-state index contributed by atoms with van der Waals surface area (Å²) in [4.78, 5) is 29.2. The maximum atomic E-state index is 12.6. The van der Waals surface area contributed by atoms with Crippen LogP contribution >= 0.6 is 34.5 Å². The number of methoxy groups -OCH3 is 1. The minimum Gasteiger partial charge on any atom is -0.497 e. The zero-order chi connectivity index (χ0) is 24.9. The molecule has 1 aromatic heterocycles. The molecule has 0 spiro atoms. The minimum atomic E-state index is -3.56. The maximum Gasteiger partial charge on any atom is 0.326 e. The van der Waals surface area contributed by atoms with Crippen LogP contribution in [-0.2, 0) is 30.7 Å². The molecular formula is C22H22Cl2N2O6S2. The van der Waals surface area contributed by atoms with E-state index in [1.54, 1.807) is 31.2 Å². The van der Waals surface area contributed by atoms with Crippen molar-refractivity contribution in [1.29, 1.82) is 0 Å². The lowest BCUT2D eigenvalue weighted by Gasteiger charge is -2.06. The van der Waals surface area contributed by atoms with Crippen LogP contribution in [0.2, 0.25) is 10.0 Å². The summed E-state index contributed by atoms with van der Waals surface area (Å²) >= 11 is 13.7. The summed E-state index contributed by atoms with van der Waals surface area (Å²) in [7, 11) is -2.07. The van der Waals surface area contributed by atoms with Crippen LogP contribution in [0.25, 0.3) is 10.2 Å². The molecule has 8 nitrogen and oxygen atoms in total. The van der Waals surface area contributed by atoms with Crippen molar-refractivity contribution in [3.05, 3.63) is 51.2 Å². The Hall–Kier alpha value is -2.40. The van der Waals surface area contributed by atoms with Crippen molar-refractivity contribution in [2.75, 3.05) is 19.5 Å². The van der Waals surface area contributed by atoms with Crippen LogP contribution in [0.1, 0.15) is 19.8 Å². The SMILES string of the molecule is CCOC(=O)Cn1c(=NC(=O)CCCS(=O)(=O)c2ccc(OC)cc2)sc2c(Cl)ccc(Cl)c21. The Morgan fingerprint density at radius 2 is 1.76 bits per heavy atom. The molecule has 0 saturated heterocycles. The average molecular weight is 545 g/mol. The second kappa shape index (κ2) is 11.4. The molecule has 0 unspecified atom stereocenters. The van der Waals surface area contributed by atoms with E-state index in [1.807, 2.05) is 0 Å². The molecule has 0 N–H and O–H groups in total. The first-order valence-corrected chi connectivity index (χ1v) is 13.5. The second-order valence-electron chi connectivity index (χ2n) is 7.09.